The maximum atomic E-state index is 11.9. The average molecular weight is 269 g/mol. The summed E-state index contributed by atoms with van der Waals surface area (Å²) >= 11 is 0. The van der Waals surface area contributed by atoms with E-state index < -0.39 is 15.6 Å². The topological polar surface area (TPSA) is 101 Å². The van der Waals surface area contributed by atoms with Crippen molar-refractivity contribution in [2.45, 2.75) is 31.2 Å². The number of aromatic nitrogens is 2. The smallest absolute Gasteiger partial charge is 0.244 e. The fraction of sp³-hybridized carbons (Fsp3) is 0.625. The summed E-state index contributed by atoms with van der Waals surface area (Å²) in [6.45, 7) is 5.32. The second-order valence-corrected chi connectivity index (χ2v) is 5.70. The lowest BCUT2D eigenvalue weighted by Gasteiger charge is -2.23. The maximum Gasteiger partial charge on any atom is 0.244 e. The molecule has 0 radical (unpaired) electrons. The molecule has 0 unspecified atom stereocenters. The Kier molecular flexibility index (Phi) is 4.93. The third-order valence-electron chi connectivity index (χ3n) is 1.99. The predicted molar refractivity (Wildman–Crippen MR) is 64.0 cm³/mol. The van der Waals surface area contributed by atoms with Crippen LogP contribution in [-0.4, -0.2) is 30.7 Å². The molecule has 0 aliphatic carbocycles. The Morgan fingerprint density at radius 3 is 2.50 bits per heavy atom. The van der Waals surface area contributed by atoms with Crippen molar-refractivity contribution in [2.75, 3.05) is 6.54 Å². The van der Waals surface area contributed by atoms with E-state index in [1.807, 2.05) is 0 Å². The van der Waals surface area contributed by atoms with Crippen LogP contribution in [0.4, 0.5) is 0 Å². The van der Waals surface area contributed by atoms with E-state index in [0.717, 1.165) is 0 Å². The van der Waals surface area contributed by atoms with Gasteiger partial charge in [0.1, 0.15) is 4.90 Å². The van der Waals surface area contributed by atoms with Crippen LogP contribution in [0.3, 0.4) is 0 Å². The average Bonchev–Trinajstić information content (AvgIpc) is 2.50. The zero-order chi connectivity index (χ0) is 11.7. The summed E-state index contributed by atoms with van der Waals surface area (Å²) < 4.78 is 26.2. The Balaban J connectivity index is 0.00000225. The van der Waals surface area contributed by atoms with Crippen molar-refractivity contribution < 1.29 is 8.42 Å². The number of hydrogen-bond donors (Lipinski definition) is 3. The number of halogens is 1. The highest BCUT2D eigenvalue weighted by molar-refractivity contribution is 7.89. The summed E-state index contributed by atoms with van der Waals surface area (Å²) in [5.41, 5.74) is 5.30. The molecule has 8 heteroatoms. The number of sulfonamides is 1. The molecule has 0 atom stereocenters. The van der Waals surface area contributed by atoms with Gasteiger partial charge in [0, 0.05) is 12.1 Å². The predicted octanol–water partition coefficient (Wildman–Crippen LogP) is 0.156. The first kappa shape index (κ1) is 15.4. The van der Waals surface area contributed by atoms with E-state index in [2.05, 4.69) is 14.9 Å². The molecule has 0 bridgehead atoms. The SMILES string of the molecule is Cc1[nH]ncc1S(=O)(=O)NC(C)(C)CN.Cl. The maximum absolute atomic E-state index is 11.9. The van der Waals surface area contributed by atoms with Gasteiger partial charge in [0.15, 0.2) is 0 Å². The summed E-state index contributed by atoms with van der Waals surface area (Å²) in [7, 11) is -3.54. The highest BCUT2D eigenvalue weighted by atomic mass is 35.5. The van der Waals surface area contributed by atoms with Crippen LogP contribution in [0.2, 0.25) is 0 Å². The van der Waals surface area contributed by atoms with Gasteiger partial charge in [-0.3, -0.25) is 5.10 Å². The van der Waals surface area contributed by atoms with Crippen molar-refractivity contribution in [1.82, 2.24) is 14.9 Å². The summed E-state index contributed by atoms with van der Waals surface area (Å²) in [5, 5.41) is 6.25. The summed E-state index contributed by atoms with van der Waals surface area (Å²) in [5.74, 6) is 0. The second kappa shape index (κ2) is 5.13. The molecule has 1 aromatic heterocycles. The van der Waals surface area contributed by atoms with Gasteiger partial charge >= 0.3 is 0 Å². The Morgan fingerprint density at radius 2 is 2.12 bits per heavy atom. The van der Waals surface area contributed by atoms with Gasteiger partial charge in [0.05, 0.1) is 11.9 Å². The van der Waals surface area contributed by atoms with Crippen LogP contribution in [0.5, 0.6) is 0 Å². The third kappa shape index (κ3) is 3.44. The minimum absolute atomic E-state index is 0. The van der Waals surface area contributed by atoms with Gasteiger partial charge in [0.25, 0.3) is 0 Å². The number of hydrogen-bond acceptors (Lipinski definition) is 4. The number of nitrogens with two attached hydrogens (primary N) is 1. The molecule has 0 spiro atoms. The fourth-order valence-corrected chi connectivity index (χ4v) is 2.63. The van der Waals surface area contributed by atoms with E-state index in [9.17, 15) is 8.42 Å². The molecule has 0 amide bonds. The van der Waals surface area contributed by atoms with Crippen molar-refractivity contribution in [3.05, 3.63) is 11.9 Å². The molecule has 0 saturated carbocycles. The lowest BCUT2D eigenvalue weighted by atomic mass is 10.1. The van der Waals surface area contributed by atoms with Crippen LogP contribution in [0.15, 0.2) is 11.1 Å². The highest BCUT2D eigenvalue weighted by Crippen LogP contribution is 2.13. The van der Waals surface area contributed by atoms with E-state index in [4.69, 9.17) is 5.73 Å². The van der Waals surface area contributed by atoms with Crippen LogP contribution in [0.1, 0.15) is 19.5 Å². The molecule has 0 saturated heterocycles. The molecule has 0 aliphatic rings. The van der Waals surface area contributed by atoms with Crippen LogP contribution >= 0.6 is 12.4 Å². The number of nitrogens with zero attached hydrogens (tertiary/aromatic N) is 1. The Hall–Kier alpha value is -0.630. The minimum Gasteiger partial charge on any atom is -0.329 e. The summed E-state index contributed by atoms with van der Waals surface area (Å²) in [4.78, 5) is 0.157. The minimum atomic E-state index is -3.54. The molecule has 16 heavy (non-hydrogen) atoms. The molecule has 1 aromatic rings. The first-order valence-corrected chi connectivity index (χ1v) is 6.01. The van der Waals surface area contributed by atoms with E-state index in [1.54, 1.807) is 20.8 Å². The Morgan fingerprint density at radius 1 is 1.56 bits per heavy atom. The highest BCUT2D eigenvalue weighted by Gasteiger charge is 2.26. The lowest BCUT2D eigenvalue weighted by molar-refractivity contribution is 0.462. The lowest BCUT2D eigenvalue weighted by Crippen LogP contribution is -2.48. The fourth-order valence-electron chi connectivity index (χ4n) is 1.07. The molecule has 0 fully saturated rings. The van der Waals surface area contributed by atoms with Gasteiger partial charge in [0.2, 0.25) is 10.0 Å². The largest absolute Gasteiger partial charge is 0.329 e. The molecule has 0 aliphatic heterocycles. The third-order valence-corrected chi connectivity index (χ3v) is 3.81. The summed E-state index contributed by atoms with van der Waals surface area (Å²) in [6.07, 6.45) is 1.28. The van der Waals surface area contributed by atoms with E-state index in [-0.39, 0.29) is 23.8 Å². The number of aromatic amines is 1. The first-order valence-electron chi connectivity index (χ1n) is 4.52. The van der Waals surface area contributed by atoms with Gasteiger partial charge in [-0.25, -0.2) is 13.1 Å². The number of rotatable bonds is 4. The molecule has 0 aromatic carbocycles. The van der Waals surface area contributed by atoms with Gasteiger partial charge < -0.3 is 5.73 Å². The van der Waals surface area contributed by atoms with Crippen molar-refractivity contribution in [1.29, 1.82) is 0 Å². The van der Waals surface area contributed by atoms with Crippen LogP contribution in [-0.2, 0) is 10.0 Å². The number of nitrogens with one attached hydrogen (secondary N) is 2. The molecule has 6 nitrogen and oxygen atoms in total. The normalized spacial score (nSPS) is 12.2. The monoisotopic (exact) mass is 268 g/mol. The zero-order valence-electron chi connectivity index (χ0n) is 9.44. The van der Waals surface area contributed by atoms with E-state index in [0.29, 0.717) is 5.69 Å². The Bertz CT molecular complexity index is 441. The van der Waals surface area contributed by atoms with E-state index in [1.165, 1.54) is 6.20 Å². The van der Waals surface area contributed by atoms with Gasteiger partial charge in [-0.2, -0.15) is 5.10 Å². The standard InChI is InChI=1S/C8H16N4O2S.ClH/c1-6-7(4-10-11-6)15(13,14)12-8(2,3)5-9;/h4,12H,5,9H2,1-3H3,(H,10,11);1H. The van der Waals surface area contributed by atoms with Gasteiger partial charge in [-0.15, -0.1) is 12.4 Å². The molecule has 1 rings (SSSR count). The Labute approximate surface area is 101 Å². The molecular formula is C8H17ClN4O2S. The van der Waals surface area contributed by atoms with Crippen molar-refractivity contribution in [3.63, 3.8) is 0 Å². The molecular weight excluding hydrogens is 252 g/mol. The number of H-pyrrole nitrogens is 1. The van der Waals surface area contributed by atoms with Crippen LogP contribution < -0.4 is 10.5 Å². The second-order valence-electron chi connectivity index (χ2n) is 4.05. The van der Waals surface area contributed by atoms with Gasteiger partial charge in [-0.1, -0.05) is 0 Å². The first-order chi connectivity index (χ1) is 6.78. The molecule has 94 valence electrons. The molecule has 4 N–H and O–H groups in total. The van der Waals surface area contributed by atoms with Crippen molar-refractivity contribution in [2.24, 2.45) is 5.73 Å². The van der Waals surface area contributed by atoms with Gasteiger partial charge in [-0.05, 0) is 20.8 Å². The van der Waals surface area contributed by atoms with Crippen molar-refractivity contribution in [3.8, 4) is 0 Å². The van der Waals surface area contributed by atoms with Crippen LogP contribution in [0, 0.1) is 6.92 Å². The number of aryl methyl sites for hydroxylation is 1. The van der Waals surface area contributed by atoms with E-state index >= 15 is 0 Å². The van der Waals surface area contributed by atoms with Crippen molar-refractivity contribution >= 4 is 22.4 Å². The quantitative estimate of drug-likeness (QED) is 0.724. The molecule has 1 heterocycles. The zero-order valence-corrected chi connectivity index (χ0v) is 11.1. The van der Waals surface area contributed by atoms with Crippen LogP contribution in [0.25, 0.3) is 0 Å². The summed E-state index contributed by atoms with van der Waals surface area (Å²) in [6, 6.07) is 0.